The van der Waals surface area contributed by atoms with E-state index in [1.807, 2.05) is 18.2 Å². The molecule has 66 valence electrons. The number of Topliss-reactive ketones (excluding diaryl/α,β-unsaturated/α-hetero) is 1. The second-order valence-electron chi connectivity index (χ2n) is 3.94. The smallest absolute Gasteiger partial charge is 0.170 e. The Hall–Kier alpha value is -0.630. The molecule has 0 bridgehead atoms. The molecule has 0 radical (unpaired) electrons. The summed E-state index contributed by atoms with van der Waals surface area (Å²) in [6, 6.07) is 7.94. The predicted octanol–water partition coefficient (Wildman–Crippen LogP) is 3.10. The van der Waals surface area contributed by atoms with Crippen LogP contribution in [0.3, 0.4) is 0 Å². The molecule has 1 nitrogen and oxygen atoms in total. The maximum atomic E-state index is 12.0. The molecule has 0 amide bonds. The molecule has 1 spiro atoms. The van der Waals surface area contributed by atoms with Crippen molar-refractivity contribution >= 4 is 21.7 Å². The summed E-state index contributed by atoms with van der Waals surface area (Å²) in [7, 11) is 0. The molecular weight excluding hydrogens is 228 g/mol. The molecule has 2 aliphatic rings. The van der Waals surface area contributed by atoms with Crippen molar-refractivity contribution < 1.29 is 4.79 Å². The van der Waals surface area contributed by atoms with Gasteiger partial charge in [0.05, 0.1) is 10.2 Å². The third kappa shape index (κ3) is 0.798. The molecule has 2 aliphatic carbocycles. The highest BCUT2D eigenvalue weighted by atomic mass is 79.9. The molecule has 0 saturated heterocycles. The van der Waals surface area contributed by atoms with E-state index < -0.39 is 0 Å². The Morgan fingerprint density at radius 2 is 2.00 bits per heavy atom. The van der Waals surface area contributed by atoms with Gasteiger partial charge in [-0.05, 0) is 18.4 Å². The van der Waals surface area contributed by atoms with Gasteiger partial charge in [-0.15, -0.1) is 0 Å². The summed E-state index contributed by atoms with van der Waals surface area (Å²) in [4.78, 5) is 12.2. The average Bonchev–Trinajstić information content (AvgIpc) is 2.93. The fraction of sp³-hybridized carbons (Fsp3) is 0.364. The van der Waals surface area contributed by atoms with Crippen LogP contribution in [0, 0.1) is 5.41 Å². The Balaban J connectivity index is 2.24. The van der Waals surface area contributed by atoms with Crippen LogP contribution in [0.1, 0.15) is 33.6 Å². The van der Waals surface area contributed by atoms with Crippen LogP contribution in [-0.2, 0) is 0 Å². The van der Waals surface area contributed by atoms with Crippen molar-refractivity contribution in [2.75, 3.05) is 0 Å². The largest absolute Gasteiger partial charge is 0.293 e. The van der Waals surface area contributed by atoms with Crippen molar-refractivity contribution in [2.24, 2.45) is 5.41 Å². The maximum Gasteiger partial charge on any atom is 0.170 e. The molecule has 1 aromatic carbocycles. The van der Waals surface area contributed by atoms with Crippen molar-refractivity contribution in [1.29, 1.82) is 0 Å². The van der Waals surface area contributed by atoms with Crippen LogP contribution in [0.15, 0.2) is 24.3 Å². The molecule has 0 N–H and O–H groups in total. The highest BCUT2D eigenvalue weighted by Gasteiger charge is 2.59. The Kier molecular flexibility index (Phi) is 1.33. The van der Waals surface area contributed by atoms with Gasteiger partial charge in [-0.3, -0.25) is 4.79 Å². The SMILES string of the molecule is O=C1c2ccccc2C(Br)C12CC2. The van der Waals surface area contributed by atoms with Gasteiger partial charge in [-0.1, -0.05) is 40.2 Å². The zero-order valence-electron chi connectivity index (χ0n) is 7.09. The van der Waals surface area contributed by atoms with Gasteiger partial charge < -0.3 is 0 Å². The van der Waals surface area contributed by atoms with Gasteiger partial charge in [-0.2, -0.15) is 0 Å². The molecule has 1 unspecified atom stereocenters. The number of hydrogen-bond acceptors (Lipinski definition) is 1. The third-order valence-corrected chi connectivity index (χ3v) is 4.57. The van der Waals surface area contributed by atoms with E-state index in [4.69, 9.17) is 0 Å². The molecule has 0 heterocycles. The van der Waals surface area contributed by atoms with Gasteiger partial charge in [0.25, 0.3) is 0 Å². The number of ketones is 1. The normalized spacial score (nSPS) is 27.8. The molecular formula is C11H9BrO. The van der Waals surface area contributed by atoms with Crippen molar-refractivity contribution in [2.45, 2.75) is 17.7 Å². The Morgan fingerprint density at radius 1 is 1.31 bits per heavy atom. The minimum atomic E-state index is -0.0519. The summed E-state index contributed by atoms with van der Waals surface area (Å²) >= 11 is 3.64. The van der Waals surface area contributed by atoms with Crippen molar-refractivity contribution in [3.8, 4) is 0 Å². The predicted molar refractivity (Wildman–Crippen MR) is 54.1 cm³/mol. The van der Waals surface area contributed by atoms with E-state index in [2.05, 4.69) is 22.0 Å². The van der Waals surface area contributed by atoms with E-state index in [9.17, 15) is 4.79 Å². The number of hydrogen-bond donors (Lipinski definition) is 0. The summed E-state index contributed by atoms with van der Waals surface area (Å²) in [5.41, 5.74) is 2.07. The number of rotatable bonds is 0. The lowest BCUT2D eigenvalue weighted by molar-refractivity contribution is 0.0918. The lowest BCUT2D eigenvalue weighted by atomic mass is 10.0. The zero-order valence-corrected chi connectivity index (χ0v) is 8.67. The lowest BCUT2D eigenvalue weighted by Crippen LogP contribution is -2.10. The third-order valence-electron chi connectivity index (χ3n) is 3.20. The van der Waals surface area contributed by atoms with Crippen LogP contribution in [0.5, 0.6) is 0 Å². The number of carbonyl (C=O) groups excluding carboxylic acids is 1. The highest BCUT2D eigenvalue weighted by molar-refractivity contribution is 9.09. The van der Waals surface area contributed by atoms with E-state index in [-0.39, 0.29) is 10.2 Å². The summed E-state index contributed by atoms with van der Waals surface area (Å²) in [6.45, 7) is 0. The van der Waals surface area contributed by atoms with E-state index in [0.29, 0.717) is 5.78 Å². The van der Waals surface area contributed by atoms with Gasteiger partial charge >= 0.3 is 0 Å². The molecule has 0 aliphatic heterocycles. The first kappa shape index (κ1) is 7.74. The van der Waals surface area contributed by atoms with E-state index in [1.165, 1.54) is 5.56 Å². The molecule has 13 heavy (non-hydrogen) atoms. The van der Waals surface area contributed by atoms with Crippen molar-refractivity contribution in [3.05, 3.63) is 35.4 Å². The van der Waals surface area contributed by atoms with Crippen LogP contribution in [0.4, 0.5) is 0 Å². The van der Waals surface area contributed by atoms with Gasteiger partial charge in [0.1, 0.15) is 0 Å². The minimum absolute atomic E-state index is 0.0519. The molecule has 1 saturated carbocycles. The Labute approximate surface area is 85.3 Å². The van der Waals surface area contributed by atoms with E-state index in [0.717, 1.165) is 18.4 Å². The van der Waals surface area contributed by atoms with Crippen LogP contribution in [0.25, 0.3) is 0 Å². The van der Waals surface area contributed by atoms with Crippen LogP contribution >= 0.6 is 15.9 Å². The Morgan fingerprint density at radius 3 is 2.62 bits per heavy atom. The van der Waals surface area contributed by atoms with Gasteiger partial charge in [0.15, 0.2) is 5.78 Å². The monoisotopic (exact) mass is 236 g/mol. The standard InChI is InChI=1S/C11H9BrO/c12-9-7-3-1-2-4-8(7)10(13)11(9)5-6-11/h1-4,9H,5-6H2. The maximum absolute atomic E-state index is 12.0. The van der Waals surface area contributed by atoms with Crippen molar-refractivity contribution in [3.63, 3.8) is 0 Å². The number of fused-ring (bicyclic) bond motifs is 1. The molecule has 1 atom stereocenters. The second-order valence-corrected chi connectivity index (χ2v) is 4.85. The van der Waals surface area contributed by atoms with Gasteiger partial charge in [0.2, 0.25) is 0 Å². The summed E-state index contributed by atoms with van der Waals surface area (Å²) < 4.78 is 0. The zero-order chi connectivity index (χ0) is 9.05. The lowest BCUT2D eigenvalue weighted by Gasteiger charge is -2.08. The number of benzene rings is 1. The number of halogens is 1. The van der Waals surface area contributed by atoms with Gasteiger partial charge in [0, 0.05) is 5.56 Å². The number of carbonyl (C=O) groups is 1. The average molecular weight is 237 g/mol. The highest BCUT2D eigenvalue weighted by Crippen LogP contribution is 2.64. The molecule has 3 rings (SSSR count). The van der Waals surface area contributed by atoms with Crippen molar-refractivity contribution in [1.82, 2.24) is 0 Å². The second kappa shape index (κ2) is 2.24. The summed E-state index contributed by atoms with van der Waals surface area (Å²) in [6.07, 6.45) is 2.10. The van der Waals surface area contributed by atoms with Gasteiger partial charge in [-0.25, -0.2) is 0 Å². The fourth-order valence-corrected chi connectivity index (χ4v) is 3.29. The first-order chi connectivity index (χ1) is 6.26. The molecule has 2 heteroatoms. The van der Waals surface area contributed by atoms with E-state index >= 15 is 0 Å². The fourth-order valence-electron chi connectivity index (χ4n) is 2.22. The van der Waals surface area contributed by atoms with Crippen LogP contribution in [-0.4, -0.2) is 5.78 Å². The van der Waals surface area contributed by atoms with Crippen LogP contribution < -0.4 is 0 Å². The first-order valence-corrected chi connectivity index (χ1v) is 5.45. The molecule has 1 fully saturated rings. The summed E-state index contributed by atoms with van der Waals surface area (Å²) in [5, 5.41) is 0. The van der Waals surface area contributed by atoms with Crippen LogP contribution in [0.2, 0.25) is 0 Å². The molecule has 1 aromatic rings. The minimum Gasteiger partial charge on any atom is -0.293 e. The first-order valence-electron chi connectivity index (χ1n) is 4.53. The Bertz CT molecular complexity index is 393. The van der Waals surface area contributed by atoms with E-state index in [1.54, 1.807) is 0 Å². The number of alkyl halides is 1. The summed E-state index contributed by atoms with van der Waals surface area (Å²) in [5.74, 6) is 0.352. The topological polar surface area (TPSA) is 17.1 Å². The quantitative estimate of drug-likeness (QED) is 0.633. The molecule has 0 aromatic heterocycles.